The lowest BCUT2D eigenvalue weighted by Gasteiger charge is -2.11. The molecule has 0 aliphatic carbocycles. The number of hydrogen-bond donors (Lipinski definition) is 0. The smallest absolute Gasteiger partial charge is 0.422 e. The number of benzene rings is 1. The van der Waals surface area contributed by atoms with Crippen molar-refractivity contribution >= 4 is 11.8 Å². The predicted molar refractivity (Wildman–Crippen MR) is 63.7 cm³/mol. The van der Waals surface area contributed by atoms with Gasteiger partial charge in [0.05, 0.1) is 6.61 Å². The molecule has 0 saturated carbocycles. The number of esters is 1. The van der Waals surface area contributed by atoms with Crippen LogP contribution in [0.15, 0.2) is 18.2 Å². The van der Waals surface area contributed by atoms with Gasteiger partial charge in [-0.05, 0) is 37.6 Å². The van der Waals surface area contributed by atoms with E-state index in [1.165, 1.54) is 12.1 Å². The largest absolute Gasteiger partial charge is 0.484 e. The van der Waals surface area contributed by atoms with Crippen LogP contribution in [-0.4, -0.2) is 31.1 Å². The third-order valence-electron chi connectivity index (χ3n) is 2.18. The van der Waals surface area contributed by atoms with E-state index >= 15 is 0 Å². The van der Waals surface area contributed by atoms with E-state index < -0.39 is 24.5 Å². The average Bonchev–Trinajstić information content (AvgIpc) is 2.34. The number of halogens is 3. The third kappa shape index (κ3) is 4.91. The molecule has 0 spiro atoms. The van der Waals surface area contributed by atoms with Gasteiger partial charge in [0, 0.05) is 5.56 Å². The number of alkyl halides is 3. The molecule has 0 aliphatic rings. The van der Waals surface area contributed by atoms with E-state index in [4.69, 9.17) is 0 Å². The van der Waals surface area contributed by atoms with Gasteiger partial charge in [-0.15, -0.1) is 0 Å². The van der Waals surface area contributed by atoms with Crippen molar-refractivity contribution in [1.82, 2.24) is 0 Å². The van der Waals surface area contributed by atoms with E-state index in [0.717, 1.165) is 6.07 Å². The first-order chi connectivity index (χ1) is 9.23. The molecule has 0 aliphatic heterocycles. The fraction of sp³-hybridized carbons (Fsp3) is 0.385. The number of Topliss-reactive ketones (excluding diaryl/α,β-unsaturated/α-hetero) is 1. The molecule has 0 bridgehead atoms. The van der Waals surface area contributed by atoms with E-state index in [0.29, 0.717) is 5.56 Å². The van der Waals surface area contributed by atoms with Crippen molar-refractivity contribution in [2.75, 3.05) is 13.2 Å². The summed E-state index contributed by atoms with van der Waals surface area (Å²) >= 11 is 0. The molecule has 0 unspecified atom stereocenters. The molecule has 110 valence electrons. The number of carbonyl (C=O) groups is 2. The van der Waals surface area contributed by atoms with Crippen LogP contribution in [0.25, 0.3) is 0 Å². The van der Waals surface area contributed by atoms with Gasteiger partial charge >= 0.3 is 12.1 Å². The molecule has 4 nitrogen and oxygen atoms in total. The standard InChI is InChI=1S/C13H13F3O4/c1-3-19-12(18)11(17)9-4-8(2)5-10(6-9)20-7-13(14,15)16/h4-6H,3,7H2,1-2H3. The van der Waals surface area contributed by atoms with Gasteiger partial charge < -0.3 is 9.47 Å². The van der Waals surface area contributed by atoms with Crippen molar-refractivity contribution in [2.24, 2.45) is 0 Å². The Balaban J connectivity index is 2.91. The minimum Gasteiger partial charge on any atom is -0.484 e. The highest BCUT2D eigenvalue weighted by molar-refractivity contribution is 6.40. The minimum atomic E-state index is -4.48. The summed E-state index contributed by atoms with van der Waals surface area (Å²) in [5, 5.41) is 0. The minimum absolute atomic E-state index is 0.0355. The molecule has 20 heavy (non-hydrogen) atoms. The maximum absolute atomic E-state index is 12.1. The van der Waals surface area contributed by atoms with Gasteiger partial charge in [-0.3, -0.25) is 4.79 Å². The molecule has 0 N–H and O–H groups in total. The Bertz CT molecular complexity index is 509. The van der Waals surface area contributed by atoms with Crippen molar-refractivity contribution < 1.29 is 32.2 Å². The zero-order chi connectivity index (χ0) is 15.3. The van der Waals surface area contributed by atoms with Crippen LogP contribution in [0.5, 0.6) is 5.75 Å². The zero-order valence-electron chi connectivity index (χ0n) is 10.9. The molecule has 0 aromatic heterocycles. The Labute approximate surface area is 113 Å². The highest BCUT2D eigenvalue weighted by atomic mass is 19.4. The summed E-state index contributed by atoms with van der Waals surface area (Å²) in [6, 6.07) is 3.80. The van der Waals surface area contributed by atoms with Crippen LogP contribution in [0, 0.1) is 6.92 Å². The first kappa shape index (κ1) is 16.0. The lowest BCUT2D eigenvalue weighted by molar-refractivity contribution is -0.153. The van der Waals surface area contributed by atoms with Crippen molar-refractivity contribution in [1.29, 1.82) is 0 Å². The van der Waals surface area contributed by atoms with Gasteiger partial charge in [0.2, 0.25) is 0 Å². The van der Waals surface area contributed by atoms with Crippen LogP contribution in [0.4, 0.5) is 13.2 Å². The molecule has 1 rings (SSSR count). The van der Waals surface area contributed by atoms with Gasteiger partial charge in [-0.2, -0.15) is 13.2 Å². The molecule has 1 aromatic carbocycles. The summed E-state index contributed by atoms with van der Waals surface area (Å²) in [6.07, 6.45) is -4.48. The quantitative estimate of drug-likeness (QED) is 0.475. The monoisotopic (exact) mass is 290 g/mol. The molecular weight excluding hydrogens is 277 g/mol. The SMILES string of the molecule is CCOC(=O)C(=O)c1cc(C)cc(OCC(F)(F)F)c1. The van der Waals surface area contributed by atoms with E-state index in [-0.39, 0.29) is 17.9 Å². The molecule has 0 radical (unpaired) electrons. The highest BCUT2D eigenvalue weighted by Gasteiger charge is 2.28. The molecule has 0 amide bonds. The van der Waals surface area contributed by atoms with Gasteiger partial charge in [0.25, 0.3) is 5.78 Å². The predicted octanol–water partition coefficient (Wildman–Crippen LogP) is 2.68. The Morgan fingerprint density at radius 2 is 1.85 bits per heavy atom. The van der Waals surface area contributed by atoms with Crippen molar-refractivity contribution in [2.45, 2.75) is 20.0 Å². The highest BCUT2D eigenvalue weighted by Crippen LogP contribution is 2.21. The Morgan fingerprint density at radius 1 is 1.20 bits per heavy atom. The molecular formula is C13H13F3O4. The van der Waals surface area contributed by atoms with Crippen LogP contribution in [-0.2, 0) is 9.53 Å². The van der Waals surface area contributed by atoms with E-state index in [1.54, 1.807) is 13.8 Å². The summed E-state index contributed by atoms with van der Waals surface area (Å²) in [6.45, 7) is 1.68. The van der Waals surface area contributed by atoms with Gasteiger partial charge in [-0.1, -0.05) is 0 Å². The van der Waals surface area contributed by atoms with Crippen LogP contribution >= 0.6 is 0 Å². The van der Waals surface area contributed by atoms with E-state index in [1.807, 2.05) is 0 Å². The number of ketones is 1. The fourth-order valence-corrected chi connectivity index (χ4v) is 1.44. The Kier molecular flexibility index (Phi) is 5.12. The van der Waals surface area contributed by atoms with E-state index in [2.05, 4.69) is 9.47 Å². The van der Waals surface area contributed by atoms with Crippen molar-refractivity contribution in [3.63, 3.8) is 0 Å². The number of carbonyl (C=O) groups excluding carboxylic acids is 2. The molecule has 1 aromatic rings. The van der Waals surface area contributed by atoms with Gasteiger partial charge in [-0.25, -0.2) is 4.79 Å². The summed E-state index contributed by atoms with van der Waals surface area (Å²) in [7, 11) is 0. The number of rotatable bonds is 5. The number of hydrogen-bond acceptors (Lipinski definition) is 4. The van der Waals surface area contributed by atoms with Crippen LogP contribution in [0.3, 0.4) is 0 Å². The normalized spacial score (nSPS) is 11.1. The van der Waals surface area contributed by atoms with Gasteiger partial charge in [0.15, 0.2) is 6.61 Å². The third-order valence-corrected chi connectivity index (χ3v) is 2.18. The maximum Gasteiger partial charge on any atom is 0.422 e. The van der Waals surface area contributed by atoms with Crippen molar-refractivity contribution in [3.8, 4) is 5.75 Å². The van der Waals surface area contributed by atoms with Crippen molar-refractivity contribution in [3.05, 3.63) is 29.3 Å². The molecule has 0 fully saturated rings. The average molecular weight is 290 g/mol. The topological polar surface area (TPSA) is 52.6 Å². The molecule has 7 heteroatoms. The lowest BCUT2D eigenvalue weighted by atomic mass is 10.1. The second kappa shape index (κ2) is 6.40. The second-order valence-corrected chi connectivity index (χ2v) is 3.99. The first-order valence-corrected chi connectivity index (χ1v) is 5.75. The maximum atomic E-state index is 12.1. The number of aryl methyl sites for hydroxylation is 1. The summed E-state index contributed by atoms with van der Waals surface area (Å²) in [5.41, 5.74) is 0.429. The lowest BCUT2D eigenvalue weighted by Crippen LogP contribution is -2.20. The summed E-state index contributed by atoms with van der Waals surface area (Å²) in [5.74, 6) is -2.11. The van der Waals surface area contributed by atoms with Gasteiger partial charge in [0.1, 0.15) is 5.75 Å². The number of ether oxygens (including phenoxy) is 2. The molecule has 0 saturated heterocycles. The second-order valence-electron chi connectivity index (χ2n) is 3.99. The fourth-order valence-electron chi connectivity index (χ4n) is 1.44. The zero-order valence-corrected chi connectivity index (χ0v) is 10.9. The van der Waals surface area contributed by atoms with E-state index in [9.17, 15) is 22.8 Å². The molecule has 0 heterocycles. The summed E-state index contributed by atoms with van der Waals surface area (Å²) in [4.78, 5) is 23.0. The summed E-state index contributed by atoms with van der Waals surface area (Å²) < 4.78 is 45.3. The van der Waals surface area contributed by atoms with Crippen LogP contribution in [0.1, 0.15) is 22.8 Å². The van der Waals surface area contributed by atoms with Crippen LogP contribution < -0.4 is 4.74 Å². The Hall–Kier alpha value is -2.05. The molecule has 0 atom stereocenters. The van der Waals surface area contributed by atoms with Crippen LogP contribution in [0.2, 0.25) is 0 Å². The Morgan fingerprint density at radius 3 is 2.40 bits per heavy atom. The first-order valence-electron chi connectivity index (χ1n) is 5.75.